The van der Waals surface area contributed by atoms with Gasteiger partial charge >= 0.3 is 0 Å². The number of rotatable bonds is 4. The van der Waals surface area contributed by atoms with Crippen molar-refractivity contribution < 1.29 is 9.21 Å². The van der Waals surface area contributed by atoms with Crippen LogP contribution in [0.5, 0.6) is 0 Å². The summed E-state index contributed by atoms with van der Waals surface area (Å²) in [7, 11) is 0. The van der Waals surface area contributed by atoms with Crippen LogP contribution in [0.4, 0.5) is 0 Å². The van der Waals surface area contributed by atoms with Crippen molar-refractivity contribution in [2.75, 3.05) is 0 Å². The van der Waals surface area contributed by atoms with E-state index in [0.29, 0.717) is 5.76 Å². The lowest BCUT2D eigenvalue weighted by Gasteiger charge is -2.16. The Labute approximate surface area is 146 Å². The highest BCUT2D eigenvalue weighted by atomic mass is 16.3. The van der Waals surface area contributed by atoms with Gasteiger partial charge in [0, 0.05) is 5.39 Å². The minimum atomic E-state index is -0.184. The molecular formula is C22H19NO2. The van der Waals surface area contributed by atoms with E-state index >= 15 is 0 Å². The number of carbonyl (C=O) groups excluding carboxylic acids is 1. The van der Waals surface area contributed by atoms with Gasteiger partial charge in [-0.2, -0.15) is 0 Å². The summed E-state index contributed by atoms with van der Waals surface area (Å²) >= 11 is 0. The maximum Gasteiger partial charge on any atom is 0.287 e. The highest BCUT2D eigenvalue weighted by Gasteiger charge is 2.18. The van der Waals surface area contributed by atoms with Crippen LogP contribution in [-0.4, -0.2) is 5.91 Å². The van der Waals surface area contributed by atoms with Gasteiger partial charge in [0.25, 0.3) is 5.91 Å². The van der Waals surface area contributed by atoms with Gasteiger partial charge in [0.05, 0.1) is 6.04 Å². The van der Waals surface area contributed by atoms with E-state index in [2.05, 4.69) is 18.3 Å². The maximum atomic E-state index is 12.7. The third-order valence-electron chi connectivity index (χ3n) is 4.57. The lowest BCUT2D eigenvalue weighted by atomic mass is 10.0. The molecule has 0 saturated carbocycles. The van der Waals surface area contributed by atoms with Crippen molar-refractivity contribution in [3.8, 4) is 0 Å². The third-order valence-corrected chi connectivity index (χ3v) is 4.57. The fourth-order valence-electron chi connectivity index (χ4n) is 3.24. The van der Waals surface area contributed by atoms with Crippen LogP contribution in [0.25, 0.3) is 21.7 Å². The fourth-order valence-corrected chi connectivity index (χ4v) is 3.24. The predicted molar refractivity (Wildman–Crippen MR) is 101 cm³/mol. The first kappa shape index (κ1) is 15.5. The van der Waals surface area contributed by atoms with Gasteiger partial charge in [-0.3, -0.25) is 4.79 Å². The molecule has 0 spiro atoms. The third kappa shape index (κ3) is 2.89. The number of furan rings is 1. The van der Waals surface area contributed by atoms with Crippen LogP contribution in [0.2, 0.25) is 0 Å². The molecule has 3 nitrogen and oxygen atoms in total. The first-order valence-corrected chi connectivity index (χ1v) is 8.53. The summed E-state index contributed by atoms with van der Waals surface area (Å²) in [4.78, 5) is 12.7. The second kappa shape index (κ2) is 6.44. The number of nitrogens with one attached hydrogen (secondary N) is 1. The number of hydrogen-bond donors (Lipinski definition) is 1. The molecule has 0 bridgehead atoms. The highest BCUT2D eigenvalue weighted by molar-refractivity contribution is 6.08. The Hall–Kier alpha value is -3.07. The SMILES string of the molecule is CC[C@H](NC(=O)c1cc2c(ccc3ccccc32)o1)c1ccccc1. The second-order valence-corrected chi connectivity index (χ2v) is 6.15. The van der Waals surface area contributed by atoms with E-state index in [1.54, 1.807) is 0 Å². The number of benzene rings is 3. The molecular weight excluding hydrogens is 310 g/mol. The molecule has 4 rings (SSSR count). The van der Waals surface area contributed by atoms with Crippen LogP contribution in [0.1, 0.15) is 35.5 Å². The normalized spacial score (nSPS) is 12.4. The zero-order valence-electron chi connectivity index (χ0n) is 14.0. The average molecular weight is 329 g/mol. The Morgan fingerprint density at radius 1 is 0.960 bits per heavy atom. The Morgan fingerprint density at radius 3 is 2.52 bits per heavy atom. The van der Waals surface area contributed by atoms with Gasteiger partial charge in [0.1, 0.15) is 5.58 Å². The zero-order chi connectivity index (χ0) is 17.2. The van der Waals surface area contributed by atoms with Gasteiger partial charge in [-0.05, 0) is 34.9 Å². The van der Waals surface area contributed by atoms with Crippen molar-refractivity contribution >= 4 is 27.6 Å². The average Bonchev–Trinajstić information content (AvgIpc) is 3.11. The summed E-state index contributed by atoms with van der Waals surface area (Å²) in [5.41, 5.74) is 1.83. The molecule has 0 saturated heterocycles. The fraction of sp³-hybridized carbons (Fsp3) is 0.136. The molecule has 1 heterocycles. The van der Waals surface area contributed by atoms with Gasteiger partial charge in [0.15, 0.2) is 5.76 Å². The lowest BCUT2D eigenvalue weighted by molar-refractivity contribution is 0.0909. The number of carbonyl (C=O) groups is 1. The van der Waals surface area contributed by atoms with Crippen LogP contribution >= 0.6 is 0 Å². The van der Waals surface area contributed by atoms with Crippen LogP contribution < -0.4 is 5.32 Å². The molecule has 1 atom stereocenters. The monoisotopic (exact) mass is 329 g/mol. The van der Waals surface area contributed by atoms with Crippen molar-refractivity contribution in [3.05, 3.63) is 84.1 Å². The number of hydrogen-bond acceptors (Lipinski definition) is 2. The van der Waals surface area contributed by atoms with E-state index in [-0.39, 0.29) is 11.9 Å². The first-order valence-electron chi connectivity index (χ1n) is 8.53. The zero-order valence-corrected chi connectivity index (χ0v) is 14.0. The Morgan fingerprint density at radius 2 is 1.72 bits per heavy atom. The van der Waals surface area contributed by atoms with E-state index in [1.165, 1.54) is 0 Å². The molecule has 0 aliphatic carbocycles. The van der Waals surface area contributed by atoms with Gasteiger partial charge in [-0.15, -0.1) is 0 Å². The Kier molecular flexibility index (Phi) is 3.98. The molecule has 0 radical (unpaired) electrons. The van der Waals surface area contributed by atoms with E-state index in [1.807, 2.05) is 66.7 Å². The molecule has 0 fully saturated rings. The van der Waals surface area contributed by atoms with Crippen molar-refractivity contribution in [2.24, 2.45) is 0 Å². The van der Waals surface area contributed by atoms with Crippen LogP contribution in [0, 0.1) is 0 Å². The lowest BCUT2D eigenvalue weighted by Crippen LogP contribution is -2.27. The van der Waals surface area contributed by atoms with Crippen LogP contribution in [0.3, 0.4) is 0 Å². The number of amides is 1. The molecule has 4 aromatic rings. The Bertz CT molecular complexity index is 1030. The molecule has 0 aliphatic rings. The van der Waals surface area contributed by atoms with Crippen molar-refractivity contribution in [2.45, 2.75) is 19.4 Å². The quantitative estimate of drug-likeness (QED) is 0.539. The van der Waals surface area contributed by atoms with E-state index < -0.39 is 0 Å². The topological polar surface area (TPSA) is 42.2 Å². The van der Waals surface area contributed by atoms with Gasteiger partial charge < -0.3 is 9.73 Å². The summed E-state index contributed by atoms with van der Waals surface area (Å²) < 4.78 is 5.81. The van der Waals surface area contributed by atoms with Crippen molar-refractivity contribution in [1.29, 1.82) is 0 Å². The Balaban J connectivity index is 1.67. The molecule has 1 aromatic heterocycles. The van der Waals surface area contributed by atoms with E-state index in [4.69, 9.17) is 4.42 Å². The largest absolute Gasteiger partial charge is 0.451 e. The standard InChI is InChI=1S/C22H19NO2/c1-2-19(16-9-4-3-5-10-16)23-22(24)21-14-18-17-11-7-6-8-15(17)12-13-20(18)25-21/h3-14,19H,2H2,1H3,(H,23,24)/t19-/m0/s1. The van der Waals surface area contributed by atoms with Crippen molar-refractivity contribution in [1.82, 2.24) is 5.32 Å². The van der Waals surface area contributed by atoms with Crippen LogP contribution in [0.15, 0.2) is 77.2 Å². The molecule has 1 N–H and O–H groups in total. The highest BCUT2D eigenvalue weighted by Crippen LogP contribution is 2.28. The smallest absolute Gasteiger partial charge is 0.287 e. The maximum absolute atomic E-state index is 12.7. The summed E-state index contributed by atoms with van der Waals surface area (Å²) in [6, 6.07) is 23.9. The molecule has 25 heavy (non-hydrogen) atoms. The molecule has 1 amide bonds. The number of fused-ring (bicyclic) bond motifs is 3. The van der Waals surface area contributed by atoms with Gasteiger partial charge in [-0.25, -0.2) is 0 Å². The van der Waals surface area contributed by atoms with E-state index in [9.17, 15) is 4.79 Å². The summed E-state index contributed by atoms with van der Waals surface area (Å²) in [5, 5.41) is 6.28. The van der Waals surface area contributed by atoms with E-state index in [0.717, 1.165) is 33.7 Å². The van der Waals surface area contributed by atoms with Crippen molar-refractivity contribution in [3.63, 3.8) is 0 Å². The predicted octanol–water partition coefficient (Wildman–Crippen LogP) is 5.47. The summed E-state index contributed by atoms with van der Waals surface area (Å²) in [5.74, 6) is 0.164. The summed E-state index contributed by atoms with van der Waals surface area (Å²) in [6.45, 7) is 2.06. The molecule has 3 aromatic carbocycles. The molecule has 0 unspecified atom stereocenters. The van der Waals surface area contributed by atoms with Crippen LogP contribution in [-0.2, 0) is 0 Å². The molecule has 3 heteroatoms. The van der Waals surface area contributed by atoms with Gasteiger partial charge in [-0.1, -0.05) is 67.6 Å². The minimum Gasteiger partial charge on any atom is -0.451 e. The molecule has 0 aliphatic heterocycles. The minimum absolute atomic E-state index is 0.0290. The first-order chi connectivity index (χ1) is 12.3. The molecule has 124 valence electrons. The second-order valence-electron chi connectivity index (χ2n) is 6.15. The summed E-state index contributed by atoms with van der Waals surface area (Å²) in [6.07, 6.45) is 0.818. The van der Waals surface area contributed by atoms with Gasteiger partial charge in [0.2, 0.25) is 0 Å².